The molecular weight excluding hydrogens is 348 g/mol. The van der Waals surface area contributed by atoms with E-state index in [2.05, 4.69) is 0 Å². The lowest BCUT2D eigenvalue weighted by Gasteiger charge is -2.47. The molecule has 0 aromatic carbocycles. The third-order valence-electron chi connectivity index (χ3n) is 6.13. The third kappa shape index (κ3) is 2.88. The van der Waals surface area contributed by atoms with E-state index in [-0.39, 0.29) is 11.6 Å². The van der Waals surface area contributed by atoms with Crippen LogP contribution in [-0.4, -0.2) is 45.6 Å². The van der Waals surface area contributed by atoms with Crippen LogP contribution in [0.4, 0.5) is 0 Å². The molecule has 27 heavy (non-hydrogen) atoms. The van der Waals surface area contributed by atoms with Crippen LogP contribution in [-0.2, 0) is 23.8 Å². The van der Waals surface area contributed by atoms with Crippen LogP contribution in [0.1, 0.15) is 38.5 Å². The van der Waals surface area contributed by atoms with Crippen LogP contribution in [0.2, 0.25) is 0 Å². The van der Waals surface area contributed by atoms with Crippen LogP contribution in [0.3, 0.4) is 0 Å². The van der Waals surface area contributed by atoms with Gasteiger partial charge in [-0.15, -0.1) is 0 Å². The van der Waals surface area contributed by atoms with E-state index in [0.717, 1.165) is 0 Å². The first-order chi connectivity index (χ1) is 12.8. The molecule has 4 spiro atoms. The van der Waals surface area contributed by atoms with Crippen molar-refractivity contribution in [3.8, 4) is 0 Å². The van der Waals surface area contributed by atoms with Crippen molar-refractivity contribution in [3.05, 3.63) is 48.6 Å². The molecule has 3 fully saturated rings. The molecule has 142 valence electrons. The first-order valence-electron chi connectivity index (χ1n) is 9.47. The van der Waals surface area contributed by atoms with Gasteiger partial charge in [0, 0.05) is 25.7 Å². The van der Waals surface area contributed by atoms with Gasteiger partial charge in [-0.2, -0.15) is 0 Å². The smallest absolute Gasteiger partial charge is 0.178 e. The quantitative estimate of drug-likeness (QED) is 0.703. The summed E-state index contributed by atoms with van der Waals surface area (Å²) in [5.41, 5.74) is -1.33. The Morgan fingerprint density at radius 3 is 1.52 bits per heavy atom. The van der Waals surface area contributed by atoms with Crippen molar-refractivity contribution in [3.63, 3.8) is 0 Å². The first kappa shape index (κ1) is 17.3. The SMILES string of the molecule is O=C1C=CC2(C=C1)CC[C@]1(CC(O)C[C@]3(CCC4(C=CC(=O)C=C4)O3)O1)O2. The number of allylic oxidation sites excluding steroid dienone is 4. The van der Waals surface area contributed by atoms with Crippen LogP contribution < -0.4 is 0 Å². The van der Waals surface area contributed by atoms with E-state index < -0.39 is 28.9 Å². The molecular formula is C21H22O6. The van der Waals surface area contributed by atoms with Gasteiger partial charge in [0.1, 0.15) is 11.2 Å². The number of hydrogen-bond acceptors (Lipinski definition) is 6. The molecule has 0 unspecified atom stereocenters. The highest BCUT2D eigenvalue weighted by molar-refractivity contribution is 6.01. The van der Waals surface area contributed by atoms with Crippen LogP contribution in [0.5, 0.6) is 0 Å². The number of rotatable bonds is 0. The summed E-state index contributed by atoms with van der Waals surface area (Å²) in [6, 6.07) is 0. The molecule has 6 heteroatoms. The molecule has 3 saturated heterocycles. The Morgan fingerprint density at radius 2 is 1.11 bits per heavy atom. The van der Waals surface area contributed by atoms with Gasteiger partial charge in [0.2, 0.25) is 0 Å². The molecule has 0 bridgehead atoms. The zero-order valence-electron chi connectivity index (χ0n) is 14.9. The molecule has 6 nitrogen and oxygen atoms in total. The van der Waals surface area contributed by atoms with E-state index in [1.807, 2.05) is 0 Å². The Kier molecular flexibility index (Phi) is 3.56. The van der Waals surface area contributed by atoms with Crippen molar-refractivity contribution in [1.82, 2.24) is 0 Å². The summed E-state index contributed by atoms with van der Waals surface area (Å²) in [5, 5.41) is 10.6. The number of aliphatic hydroxyl groups is 1. The molecule has 0 saturated carbocycles. The third-order valence-corrected chi connectivity index (χ3v) is 6.13. The summed E-state index contributed by atoms with van der Waals surface area (Å²) in [5.74, 6) is -2.01. The van der Waals surface area contributed by atoms with E-state index in [4.69, 9.17) is 14.2 Å². The van der Waals surface area contributed by atoms with Gasteiger partial charge in [0.05, 0.1) is 6.10 Å². The maximum Gasteiger partial charge on any atom is 0.178 e. The molecule has 3 heterocycles. The predicted molar refractivity (Wildman–Crippen MR) is 94.5 cm³/mol. The Morgan fingerprint density at radius 1 is 0.704 bits per heavy atom. The highest BCUT2D eigenvalue weighted by Gasteiger charge is 2.60. The molecule has 0 aromatic heterocycles. The van der Waals surface area contributed by atoms with E-state index >= 15 is 0 Å². The minimum Gasteiger partial charge on any atom is -0.393 e. The Balaban J connectivity index is 1.40. The molecule has 0 aromatic rings. The summed E-state index contributed by atoms with van der Waals surface area (Å²) < 4.78 is 19.1. The van der Waals surface area contributed by atoms with Gasteiger partial charge in [-0.1, -0.05) is 0 Å². The van der Waals surface area contributed by atoms with Gasteiger partial charge in [-0.25, -0.2) is 0 Å². The van der Waals surface area contributed by atoms with Crippen LogP contribution in [0, 0.1) is 0 Å². The normalized spacial score (nSPS) is 41.0. The fraction of sp³-hybridized carbons (Fsp3) is 0.524. The minimum absolute atomic E-state index is 0.0577. The summed E-state index contributed by atoms with van der Waals surface area (Å²) in [4.78, 5) is 22.9. The van der Waals surface area contributed by atoms with Crippen LogP contribution in [0.25, 0.3) is 0 Å². The molecule has 0 amide bonds. The van der Waals surface area contributed by atoms with Crippen molar-refractivity contribution in [2.45, 2.75) is 67.4 Å². The van der Waals surface area contributed by atoms with Crippen molar-refractivity contribution in [1.29, 1.82) is 0 Å². The average Bonchev–Trinajstić information content (AvgIpc) is 3.12. The standard InChI is InChI=1S/C21H22O6/c22-15-1-5-18(6-2-15)9-11-20(25-18)13-17(24)14-21(27-20)12-10-19(26-21)7-3-16(23)4-8-19/h1-8,17,24H,9-14H2/t20-,21-/m0/s1. The van der Waals surface area contributed by atoms with Gasteiger partial charge in [-0.3, -0.25) is 9.59 Å². The highest BCUT2D eigenvalue weighted by atomic mass is 16.8. The number of ketones is 2. The Labute approximate surface area is 157 Å². The van der Waals surface area contributed by atoms with Gasteiger partial charge >= 0.3 is 0 Å². The fourth-order valence-electron chi connectivity index (χ4n) is 4.90. The van der Waals surface area contributed by atoms with Gasteiger partial charge in [0.25, 0.3) is 0 Å². The number of ether oxygens (including phenoxy) is 3. The lowest BCUT2D eigenvalue weighted by atomic mass is 9.90. The molecule has 2 atom stereocenters. The molecule has 5 rings (SSSR count). The Hall–Kier alpha value is -1.86. The minimum atomic E-state index is -0.948. The Bertz CT molecular complexity index is 723. The summed E-state index contributed by atoms with van der Waals surface area (Å²) >= 11 is 0. The monoisotopic (exact) mass is 370 g/mol. The lowest BCUT2D eigenvalue weighted by molar-refractivity contribution is -0.386. The number of hydrogen-bond donors (Lipinski definition) is 1. The molecule has 0 radical (unpaired) electrons. The van der Waals surface area contributed by atoms with Gasteiger partial charge in [-0.05, 0) is 61.4 Å². The average molecular weight is 370 g/mol. The number of carbonyl (C=O) groups is 2. The van der Waals surface area contributed by atoms with Crippen molar-refractivity contribution in [2.24, 2.45) is 0 Å². The predicted octanol–water partition coefficient (Wildman–Crippen LogP) is 2.04. The van der Waals surface area contributed by atoms with E-state index in [0.29, 0.717) is 38.5 Å². The summed E-state index contributed by atoms with van der Waals surface area (Å²) in [6.45, 7) is 0. The highest BCUT2D eigenvalue weighted by Crippen LogP contribution is 2.54. The van der Waals surface area contributed by atoms with E-state index in [1.165, 1.54) is 24.3 Å². The molecule has 5 aliphatic rings. The number of carbonyl (C=O) groups excluding carboxylic acids is 2. The second kappa shape index (κ2) is 5.58. The maximum atomic E-state index is 11.5. The maximum absolute atomic E-state index is 11.5. The molecule has 1 N–H and O–H groups in total. The van der Waals surface area contributed by atoms with Crippen molar-refractivity contribution < 1.29 is 28.9 Å². The van der Waals surface area contributed by atoms with Crippen molar-refractivity contribution >= 4 is 11.6 Å². The van der Waals surface area contributed by atoms with E-state index in [9.17, 15) is 14.7 Å². The van der Waals surface area contributed by atoms with Gasteiger partial charge in [0.15, 0.2) is 23.1 Å². The zero-order valence-corrected chi connectivity index (χ0v) is 14.9. The largest absolute Gasteiger partial charge is 0.393 e. The topological polar surface area (TPSA) is 82.1 Å². The second-order valence-electron chi connectivity index (χ2n) is 8.24. The van der Waals surface area contributed by atoms with Crippen molar-refractivity contribution in [2.75, 3.05) is 0 Å². The fourth-order valence-corrected chi connectivity index (χ4v) is 4.90. The van der Waals surface area contributed by atoms with Crippen LogP contribution in [0.15, 0.2) is 48.6 Å². The summed E-state index contributed by atoms with van der Waals surface area (Å²) in [7, 11) is 0. The molecule has 2 aliphatic carbocycles. The van der Waals surface area contributed by atoms with Crippen LogP contribution >= 0.6 is 0 Å². The number of aliphatic hydroxyl groups excluding tert-OH is 1. The van der Waals surface area contributed by atoms with Gasteiger partial charge < -0.3 is 19.3 Å². The second-order valence-corrected chi connectivity index (χ2v) is 8.24. The lowest BCUT2D eigenvalue weighted by Crippen LogP contribution is -2.54. The summed E-state index contributed by atoms with van der Waals surface area (Å²) in [6.07, 6.45) is 15.9. The van der Waals surface area contributed by atoms with E-state index in [1.54, 1.807) is 24.3 Å². The molecule has 3 aliphatic heterocycles. The zero-order chi connectivity index (χ0) is 18.8. The first-order valence-corrected chi connectivity index (χ1v) is 9.47.